The van der Waals surface area contributed by atoms with Crippen LogP contribution in [0, 0.1) is 0 Å². The fourth-order valence-corrected chi connectivity index (χ4v) is 1.65. The van der Waals surface area contributed by atoms with Gasteiger partial charge >= 0.3 is 11.9 Å². The van der Waals surface area contributed by atoms with Crippen molar-refractivity contribution in [3.63, 3.8) is 0 Å². The van der Waals surface area contributed by atoms with Gasteiger partial charge in [0.05, 0.1) is 12.5 Å². The Bertz CT molecular complexity index is 389. The van der Waals surface area contributed by atoms with E-state index < -0.39 is 34.2 Å². The molecule has 6 nitrogen and oxygen atoms in total. The molecule has 7 heteroatoms. The van der Waals surface area contributed by atoms with Gasteiger partial charge in [-0.05, 0) is 20.8 Å². The summed E-state index contributed by atoms with van der Waals surface area (Å²) in [6, 6.07) is -1.13. The van der Waals surface area contributed by atoms with Crippen LogP contribution < -0.4 is 5.73 Å². The zero-order valence-corrected chi connectivity index (χ0v) is 13.4. The van der Waals surface area contributed by atoms with Gasteiger partial charge in [-0.15, -0.1) is 0 Å². The van der Waals surface area contributed by atoms with E-state index in [9.17, 15) is 14.4 Å². The zero-order valence-electron chi connectivity index (χ0n) is 11.8. The molecule has 0 rings (SSSR count). The molecule has 0 aliphatic rings. The van der Waals surface area contributed by atoms with Gasteiger partial charge in [-0.25, -0.2) is 0 Å². The number of hydrogen-bond acceptors (Lipinski definition) is 6. The van der Waals surface area contributed by atoms with Crippen LogP contribution in [0.3, 0.4) is 0 Å². The molecule has 0 aromatic carbocycles. The largest absolute Gasteiger partial charge is 0.460 e. The number of rotatable bonds is 7. The Morgan fingerprint density at radius 1 is 1.35 bits per heavy atom. The maximum absolute atomic E-state index is 11.8. The number of carbonyl (C=O) groups is 3. The molecule has 0 bridgehead atoms. The van der Waals surface area contributed by atoms with Gasteiger partial charge < -0.3 is 15.2 Å². The highest BCUT2D eigenvalue weighted by atomic mass is 79.9. The highest BCUT2D eigenvalue weighted by Gasteiger charge is 2.31. The van der Waals surface area contributed by atoms with E-state index >= 15 is 0 Å². The number of carbonyl (C=O) groups excluding carboxylic acids is 3. The molecule has 0 spiro atoms. The molecular weight excluding hydrogens is 330 g/mol. The van der Waals surface area contributed by atoms with Crippen molar-refractivity contribution in [2.24, 2.45) is 5.73 Å². The third-order valence-electron chi connectivity index (χ3n) is 1.97. The minimum Gasteiger partial charge on any atom is -0.460 e. The second-order valence-corrected chi connectivity index (χ2v) is 6.00. The van der Waals surface area contributed by atoms with Gasteiger partial charge in [-0.1, -0.05) is 28.6 Å². The Morgan fingerprint density at radius 2 is 1.90 bits per heavy atom. The lowest BCUT2D eigenvalue weighted by atomic mass is 10.1. The predicted molar refractivity (Wildman–Crippen MR) is 77.3 cm³/mol. The second-order valence-electron chi connectivity index (χ2n) is 5.08. The molecule has 114 valence electrons. The standard InChI is InChI=1S/C13H20BrNO5/c1-5-6-19-12(18)10(14)11(17)8(15)7-9(16)20-13(2,3)4/h5,8,10H,1,6-7,15H2,2-4H3/t8-,10?/m0/s1. The molecule has 0 aliphatic carbocycles. The summed E-state index contributed by atoms with van der Waals surface area (Å²) in [5.74, 6) is -2.00. The Hall–Kier alpha value is -1.21. The third kappa shape index (κ3) is 7.40. The Labute approximate surface area is 126 Å². The van der Waals surface area contributed by atoms with Gasteiger partial charge in [0.15, 0.2) is 10.6 Å². The normalized spacial score (nSPS) is 14.1. The molecule has 0 amide bonds. The van der Waals surface area contributed by atoms with Crippen LogP contribution in [0.4, 0.5) is 0 Å². The maximum atomic E-state index is 11.8. The first kappa shape index (κ1) is 18.8. The molecule has 0 aromatic rings. The van der Waals surface area contributed by atoms with Gasteiger partial charge in [0, 0.05) is 0 Å². The molecular formula is C13H20BrNO5. The summed E-state index contributed by atoms with van der Waals surface area (Å²) in [5.41, 5.74) is 4.94. The molecule has 0 aromatic heterocycles. The monoisotopic (exact) mass is 349 g/mol. The number of ketones is 1. The van der Waals surface area contributed by atoms with E-state index in [2.05, 4.69) is 22.5 Å². The lowest BCUT2D eigenvalue weighted by Gasteiger charge is -2.21. The van der Waals surface area contributed by atoms with Gasteiger partial charge in [-0.3, -0.25) is 14.4 Å². The molecule has 0 aliphatic heterocycles. The zero-order chi connectivity index (χ0) is 15.9. The number of ether oxygens (including phenoxy) is 2. The van der Waals surface area contributed by atoms with Crippen molar-refractivity contribution >= 4 is 33.7 Å². The van der Waals surface area contributed by atoms with E-state index in [4.69, 9.17) is 15.2 Å². The molecule has 20 heavy (non-hydrogen) atoms. The van der Waals surface area contributed by atoms with E-state index in [-0.39, 0.29) is 13.0 Å². The van der Waals surface area contributed by atoms with Crippen molar-refractivity contribution in [2.75, 3.05) is 6.61 Å². The topological polar surface area (TPSA) is 95.7 Å². The summed E-state index contributed by atoms with van der Waals surface area (Å²) < 4.78 is 9.76. The third-order valence-corrected chi connectivity index (χ3v) is 2.80. The average molecular weight is 350 g/mol. The van der Waals surface area contributed by atoms with Crippen molar-refractivity contribution in [3.05, 3.63) is 12.7 Å². The molecule has 1 unspecified atom stereocenters. The summed E-state index contributed by atoms with van der Waals surface area (Å²) >= 11 is 2.90. The van der Waals surface area contributed by atoms with E-state index in [1.807, 2.05) is 0 Å². The van der Waals surface area contributed by atoms with Crippen molar-refractivity contribution in [1.82, 2.24) is 0 Å². The summed E-state index contributed by atoms with van der Waals surface area (Å²) in [6.07, 6.45) is 1.08. The van der Waals surface area contributed by atoms with Crippen LogP contribution in [0.5, 0.6) is 0 Å². The summed E-state index contributed by atoms with van der Waals surface area (Å²) in [6.45, 7) is 8.50. The number of alkyl halides is 1. The second kappa shape index (κ2) is 8.16. The van der Waals surface area contributed by atoms with Gasteiger partial charge in [0.2, 0.25) is 0 Å². The van der Waals surface area contributed by atoms with Crippen LogP contribution in [0.25, 0.3) is 0 Å². The first-order valence-electron chi connectivity index (χ1n) is 6.01. The maximum Gasteiger partial charge on any atom is 0.327 e. The fourth-order valence-electron chi connectivity index (χ4n) is 1.18. The van der Waals surface area contributed by atoms with E-state index in [1.54, 1.807) is 20.8 Å². The van der Waals surface area contributed by atoms with Gasteiger partial charge in [0.25, 0.3) is 0 Å². The number of nitrogens with two attached hydrogens (primary N) is 1. The molecule has 0 saturated carbocycles. The lowest BCUT2D eigenvalue weighted by molar-refractivity contribution is -0.156. The molecule has 0 radical (unpaired) electrons. The highest BCUT2D eigenvalue weighted by Crippen LogP contribution is 2.12. The van der Waals surface area contributed by atoms with Gasteiger partial charge in [0.1, 0.15) is 12.2 Å². The Kier molecular flexibility index (Phi) is 7.67. The molecule has 2 N–H and O–H groups in total. The molecule has 0 fully saturated rings. The van der Waals surface area contributed by atoms with Crippen LogP contribution >= 0.6 is 15.9 Å². The Balaban J connectivity index is 4.43. The summed E-state index contributed by atoms with van der Waals surface area (Å²) in [7, 11) is 0. The van der Waals surface area contributed by atoms with Crippen molar-refractivity contribution in [2.45, 2.75) is 43.7 Å². The minimum absolute atomic E-state index is 0.00445. The number of esters is 2. The predicted octanol–water partition coefficient (Wildman–Crippen LogP) is 1.11. The van der Waals surface area contributed by atoms with E-state index in [1.165, 1.54) is 6.08 Å². The van der Waals surface area contributed by atoms with Crippen molar-refractivity contribution < 1.29 is 23.9 Å². The van der Waals surface area contributed by atoms with E-state index in [0.717, 1.165) is 0 Å². The minimum atomic E-state index is -1.21. The van der Waals surface area contributed by atoms with Crippen LogP contribution in [0.15, 0.2) is 12.7 Å². The average Bonchev–Trinajstić information content (AvgIpc) is 2.31. The lowest BCUT2D eigenvalue weighted by Crippen LogP contribution is -2.42. The van der Waals surface area contributed by atoms with Crippen LogP contribution in [0.1, 0.15) is 27.2 Å². The van der Waals surface area contributed by atoms with Crippen LogP contribution in [0.2, 0.25) is 0 Å². The van der Waals surface area contributed by atoms with Crippen molar-refractivity contribution in [1.29, 1.82) is 0 Å². The number of Topliss-reactive ketones (excluding diaryl/α,β-unsaturated/α-hetero) is 1. The molecule has 2 atom stereocenters. The number of hydrogen-bond donors (Lipinski definition) is 1. The van der Waals surface area contributed by atoms with Crippen LogP contribution in [-0.2, 0) is 23.9 Å². The van der Waals surface area contributed by atoms with Gasteiger partial charge in [-0.2, -0.15) is 0 Å². The summed E-state index contributed by atoms with van der Waals surface area (Å²) in [5, 5.41) is 0. The first-order chi connectivity index (χ1) is 9.08. The smallest absolute Gasteiger partial charge is 0.327 e. The highest BCUT2D eigenvalue weighted by molar-refractivity contribution is 9.10. The quantitative estimate of drug-likeness (QED) is 0.320. The summed E-state index contributed by atoms with van der Waals surface area (Å²) in [4.78, 5) is 33.6. The van der Waals surface area contributed by atoms with Crippen LogP contribution in [-0.4, -0.2) is 40.8 Å². The van der Waals surface area contributed by atoms with Crippen molar-refractivity contribution in [3.8, 4) is 0 Å². The van der Waals surface area contributed by atoms with E-state index in [0.29, 0.717) is 0 Å². The SMILES string of the molecule is C=CCOC(=O)C(Br)C(=O)[C@@H](N)CC(=O)OC(C)(C)C. The molecule has 0 heterocycles. The first-order valence-corrected chi connectivity index (χ1v) is 6.92. The Morgan fingerprint density at radius 3 is 2.35 bits per heavy atom. The fraction of sp³-hybridized carbons (Fsp3) is 0.615. The number of halogens is 1. The molecule has 0 saturated heterocycles.